The van der Waals surface area contributed by atoms with Gasteiger partial charge < -0.3 is 10.3 Å². The van der Waals surface area contributed by atoms with Crippen LogP contribution < -0.4 is 5.73 Å². The molecule has 0 fully saturated rings. The maximum Gasteiger partial charge on any atom is 0.186 e. The fraction of sp³-hybridized carbons (Fsp3) is 0.100. The van der Waals surface area contributed by atoms with Gasteiger partial charge in [-0.3, -0.25) is 0 Å². The lowest BCUT2D eigenvalue weighted by Gasteiger charge is -2.06. The van der Waals surface area contributed by atoms with Gasteiger partial charge in [0, 0.05) is 18.8 Å². The van der Waals surface area contributed by atoms with Crippen molar-refractivity contribution in [3.05, 3.63) is 47.6 Å². The predicted octanol–water partition coefficient (Wildman–Crippen LogP) is 1.89. The molecule has 7 heteroatoms. The monoisotopic (exact) mass is 245 g/mol. The van der Waals surface area contributed by atoms with Crippen LogP contribution >= 0.6 is 0 Å². The van der Waals surface area contributed by atoms with E-state index in [1.54, 1.807) is 0 Å². The van der Waals surface area contributed by atoms with Gasteiger partial charge >= 0.3 is 0 Å². The van der Waals surface area contributed by atoms with E-state index in [2.05, 4.69) is 4.98 Å². The van der Waals surface area contributed by atoms with Gasteiger partial charge in [0.25, 0.3) is 0 Å². The molecule has 0 saturated carbocycles. The molecule has 2 N–H and O–H groups in total. The van der Waals surface area contributed by atoms with Crippen molar-refractivity contribution in [3.8, 4) is 5.69 Å². The second kappa shape index (κ2) is 4.17. The summed E-state index contributed by atoms with van der Waals surface area (Å²) in [5.74, 6) is -5.90. The Labute approximate surface area is 93.5 Å². The van der Waals surface area contributed by atoms with E-state index in [4.69, 9.17) is 5.73 Å². The molecule has 0 bridgehead atoms. The second-order valence-corrected chi connectivity index (χ2v) is 3.29. The van der Waals surface area contributed by atoms with Crippen molar-refractivity contribution in [1.29, 1.82) is 0 Å². The van der Waals surface area contributed by atoms with Gasteiger partial charge in [0.1, 0.15) is 5.69 Å². The zero-order chi connectivity index (χ0) is 12.6. The largest absolute Gasteiger partial charge is 0.325 e. The summed E-state index contributed by atoms with van der Waals surface area (Å²) in [6.07, 6.45) is 2.23. The quantitative estimate of drug-likeness (QED) is 0.648. The highest BCUT2D eigenvalue weighted by Crippen LogP contribution is 2.23. The summed E-state index contributed by atoms with van der Waals surface area (Å²) in [4.78, 5) is 3.71. The van der Waals surface area contributed by atoms with E-state index in [0.29, 0.717) is 5.69 Å². The normalized spacial score (nSPS) is 10.9. The van der Waals surface area contributed by atoms with E-state index in [-0.39, 0.29) is 12.6 Å². The van der Waals surface area contributed by atoms with E-state index in [9.17, 15) is 17.6 Å². The topological polar surface area (TPSA) is 43.8 Å². The van der Waals surface area contributed by atoms with Gasteiger partial charge in [0.2, 0.25) is 0 Å². The fourth-order valence-corrected chi connectivity index (χ4v) is 1.38. The third kappa shape index (κ3) is 1.89. The van der Waals surface area contributed by atoms with Crippen molar-refractivity contribution in [1.82, 2.24) is 9.55 Å². The van der Waals surface area contributed by atoms with Crippen molar-refractivity contribution in [2.24, 2.45) is 5.73 Å². The molecular weight excluding hydrogens is 238 g/mol. The lowest BCUT2D eigenvalue weighted by atomic mass is 10.2. The van der Waals surface area contributed by atoms with Crippen LogP contribution in [0.3, 0.4) is 0 Å². The minimum atomic E-state index is -1.48. The molecule has 90 valence electrons. The average molecular weight is 245 g/mol. The van der Waals surface area contributed by atoms with Crippen molar-refractivity contribution in [2.75, 3.05) is 0 Å². The average Bonchev–Trinajstić information content (AvgIpc) is 2.75. The standard InChI is InChI=1S/C10H7F4N3/c11-6-1-7(12)9(14)10(8(6)13)17-3-5(2-15)16-4-17/h1,3-4H,2,15H2. The second-order valence-electron chi connectivity index (χ2n) is 3.29. The molecule has 0 amide bonds. The molecule has 1 aromatic carbocycles. The molecule has 1 heterocycles. The van der Waals surface area contributed by atoms with Crippen LogP contribution in [-0.4, -0.2) is 9.55 Å². The number of halogens is 4. The lowest BCUT2D eigenvalue weighted by molar-refractivity contribution is 0.448. The summed E-state index contributed by atoms with van der Waals surface area (Å²) in [5.41, 5.74) is 4.75. The smallest absolute Gasteiger partial charge is 0.186 e. The van der Waals surface area contributed by atoms with Crippen LogP contribution in [0.25, 0.3) is 5.69 Å². The first-order valence-electron chi connectivity index (χ1n) is 4.61. The number of hydrogen-bond donors (Lipinski definition) is 1. The summed E-state index contributed by atoms with van der Waals surface area (Å²) in [6, 6.07) is 0.148. The molecule has 0 radical (unpaired) electrons. The van der Waals surface area contributed by atoms with Gasteiger partial charge in [-0.2, -0.15) is 0 Å². The Bertz CT molecular complexity index is 539. The molecule has 2 rings (SSSR count). The molecule has 0 spiro atoms. The molecule has 0 aliphatic carbocycles. The van der Waals surface area contributed by atoms with Crippen LogP contribution in [0.15, 0.2) is 18.6 Å². The van der Waals surface area contributed by atoms with Gasteiger partial charge in [0.15, 0.2) is 23.3 Å². The number of benzene rings is 1. The van der Waals surface area contributed by atoms with Crippen molar-refractivity contribution < 1.29 is 17.6 Å². The zero-order valence-corrected chi connectivity index (χ0v) is 8.42. The minimum absolute atomic E-state index is 0.0496. The molecule has 17 heavy (non-hydrogen) atoms. The number of imidazole rings is 1. The summed E-state index contributed by atoms with van der Waals surface area (Å²) >= 11 is 0. The van der Waals surface area contributed by atoms with E-state index in [0.717, 1.165) is 10.9 Å². The van der Waals surface area contributed by atoms with E-state index < -0.39 is 29.0 Å². The predicted molar refractivity (Wildman–Crippen MR) is 51.3 cm³/mol. The number of nitrogens with zero attached hydrogens (tertiary/aromatic N) is 2. The Balaban J connectivity index is 2.65. The molecule has 3 nitrogen and oxygen atoms in total. The zero-order valence-electron chi connectivity index (χ0n) is 8.42. The highest BCUT2D eigenvalue weighted by atomic mass is 19.2. The van der Waals surface area contributed by atoms with Crippen molar-refractivity contribution >= 4 is 0 Å². The van der Waals surface area contributed by atoms with E-state index in [1.807, 2.05) is 0 Å². The van der Waals surface area contributed by atoms with Crippen LogP contribution in [0.5, 0.6) is 0 Å². The van der Waals surface area contributed by atoms with Crippen LogP contribution in [0.2, 0.25) is 0 Å². The molecule has 0 aliphatic heterocycles. The van der Waals surface area contributed by atoms with Gasteiger partial charge in [0.05, 0.1) is 12.0 Å². The van der Waals surface area contributed by atoms with Gasteiger partial charge in [-0.05, 0) is 0 Å². The molecule has 0 aliphatic rings. The Morgan fingerprint density at radius 3 is 2.18 bits per heavy atom. The number of hydrogen-bond acceptors (Lipinski definition) is 2. The lowest BCUT2D eigenvalue weighted by Crippen LogP contribution is -2.05. The molecule has 0 saturated heterocycles. The van der Waals surface area contributed by atoms with Crippen molar-refractivity contribution in [2.45, 2.75) is 6.54 Å². The molecule has 1 aromatic heterocycles. The van der Waals surface area contributed by atoms with E-state index in [1.165, 1.54) is 6.20 Å². The van der Waals surface area contributed by atoms with E-state index >= 15 is 0 Å². The molecule has 0 atom stereocenters. The highest BCUT2D eigenvalue weighted by Gasteiger charge is 2.20. The maximum atomic E-state index is 13.4. The molecule has 0 unspecified atom stereocenters. The summed E-state index contributed by atoms with van der Waals surface area (Å²) in [5, 5.41) is 0. The molecular formula is C10H7F4N3. The van der Waals surface area contributed by atoms with Crippen LogP contribution in [0.4, 0.5) is 17.6 Å². The van der Waals surface area contributed by atoms with Crippen LogP contribution in [0, 0.1) is 23.3 Å². The number of aromatic nitrogens is 2. The Kier molecular flexibility index (Phi) is 2.84. The first kappa shape index (κ1) is 11.6. The fourth-order valence-electron chi connectivity index (χ4n) is 1.38. The summed E-state index contributed by atoms with van der Waals surface area (Å²) < 4.78 is 53.5. The maximum absolute atomic E-state index is 13.4. The minimum Gasteiger partial charge on any atom is -0.325 e. The van der Waals surface area contributed by atoms with Crippen LogP contribution in [-0.2, 0) is 6.54 Å². The first-order valence-corrected chi connectivity index (χ1v) is 4.61. The SMILES string of the molecule is NCc1cn(-c2c(F)c(F)cc(F)c2F)cn1. The van der Waals surface area contributed by atoms with Gasteiger partial charge in [-0.1, -0.05) is 0 Å². The van der Waals surface area contributed by atoms with Crippen molar-refractivity contribution in [3.63, 3.8) is 0 Å². The Morgan fingerprint density at radius 1 is 1.12 bits per heavy atom. The van der Waals surface area contributed by atoms with Gasteiger partial charge in [-0.25, -0.2) is 22.5 Å². The summed E-state index contributed by atoms with van der Waals surface area (Å²) in [6.45, 7) is 0.0496. The number of nitrogens with two attached hydrogens (primary N) is 1. The van der Waals surface area contributed by atoms with Crippen LogP contribution in [0.1, 0.15) is 5.69 Å². The molecule has 2 aromatic rings. The first-order chi connectivity index (χ1) is 8.04. The third-order valence-corrected chi connectivity index (χ3v) is 2.19. The van der Waals surface area contributed by atoms with Gasteiger partial charge in [-0.15, -0.1) is 0 Å². The highest BCUT2D eigenvalue weighted by molar-refractivity contribution is 5.37. The number of rotatable bonds is 2. The summed E-state index contributed by atoms with van der Waals surface area (Å²) in [7, 11) is 0. The third-order valence-electron chi connectivity index (χ3n) is 2.19. The Hall–Kier alpha value is -1.89. The Morgan fingerprint density at radius 2 is 1.71 bits per heavy atom.